The minimum atomic E-state index is -0.538. The van der Waals surface area contributed by atoms with Crippen molar-refractivity contribution in [2.45, 2.75) is 0 Å². The number of nitrogen functional groups attached to an aromatic ring is 1. The minimum absolute atomic E-state index is 0.355. The molecule has 3 N–H and O–H groups in total. The molecule has 0 fully saturated rings. The van der Waals surface area contributed by atoms with E-state index in [0.29, 0.717) is 11.3 Å². The van der Waals surface area contributed by atoms with Crippen LogP contribution in [0.2, 0.25) is 0 Å². The highest BCUT2D eigenvalue weighted by molar-refractivity contribution is 9.10. The fraction of sp³-hybridized carbons (Fsp3) is 0. The van der Waals surface area contributed by atoms with E-state index in [1.807, 2.05) is 0 Å². The number of anilines is 1. The van der Waals surface area contributed by atoms with Crippen molar-refractivity contribution in [1.82, 2.24) is 0 Å². The Morgan fingerprint density at radius 3 is 2.75 bits per heavy atom. The Morgan fingerprint density at radius 1 is 1.58 bits per heavy atom. The smallest absolute Gasteiger partial charge is 0.254 e. The molecule has 0 aromatic heterocycles. The molecule has 0 aliphatic carbocycles. The summed E-state index contributed by atoms with van der Waals surface area (Å²) in [5.41, 5.74) is 3.25. The molecule has 0 amide bonds. The zero-order valence-corrected chi connectivity index (χ0v) is 8.32. The summed E-state index contributed by atoms with van der Waals surface area (Å²) in [6, 6.07) is 5.03. The van der Waals surface area contributed by atoms with Crippen LogP contribution in [-0.4, -0.2) is 5.24 Å². The molecule has 1 aromatic carbocycles. The van der Waals surface area contributed by atoms with E-state index in [2.05, 4.69) is 21.4 Å². The van der Waals surface area contributed by atoms with E-state index in [9.17, 15) is 4.79 Å². The number of rotatable bonds is 2. The predicted octanol–water partition coefficient (Wildman–Crippen LogP) is 2.11. The van der Waals surface area contributed by atoms with Gasteiger partial charge >= 0.3 is 0 Å². The first-order chi connectivity index (χ1) is 5.65. The second kappa shape index (κ2) is 3.89. The maximum atomic E-state index is 10.8. The van der Waals surface area contributed by atoms with Gasteiger partial charge in [0.2, 0.25) is 0 Å². The molecular formula is C7H6BrClN2O. The first kappa shape index (κ1) is 9.51. The number of hydrogen-bond acceptors (Lipinski definition) is 3. The Morgan fingerprint density at radius 2 is 2.25 bits per heavy atom. The van der Waals surface area contributed by atoms with Gasteiger partial charge in [0, 0.05) is 4.47 Å². The summed E-state index contributed by atoms with van der Waals surface area (Å²) in [5, 5.41) is -0.538. The predicted molar refractivity (Wildman–Crippen MR) is 52.1 cm³/mol. The summed E-state index contributed by atoms with van der Waals surface area (Å²) in [5.74, 6) is 5.16. The molecule has 0 heterocycles. The third-order valence-corrected chi connectivity index (χ3v) is 2.05. The van der Waals surface area contributed by atoms with Crippen molar-refractivity contribution in [3.05, 3.63) is 28.2 Å². The van der Waals surface area contributed by atoms with Crippen molar-refractivity contribution in [2.75, 3.05) is 5.43 Å². The van der Waals surface area contributed by atoms with Crippen LogP contribution in [0.1, 0.15) is 10.4 Å². The lowest BCUT2D eigenvalue weighted by Crippen LogP contribution is -2.10. The second-order valence-corrected chi connectivity index (χ2v) is 3.37. The third kappa shape index (κ3) is 1.97. The molecule has 0 saturated heterocycles. The van der Waals surface area contributed by atoms with Crippen LogP contribution in [0.25, 0.3) is 0 Å². The van der Waals surface area contributed by atoms with Crippen molar-refractivity contribution in [3.63, 3.8) is 0 Å². The maximum Gasteiger partial charge on any atom is 0.254 e. The van der Waals surface area contributed by atoms with E-state index < -0.39 is 5.24 Å². The van der Waals surface area contributed by atoms with E-state index in [1.54, 1.807) is 18.2 Å². The highest BCUT2D eigenvalue weighted by atomic mass is 79.9. The van der Waals surface area contributed by atoms with E-state index in [0.717, 1.165) is 4.47 Å². The zero-order valence-electron chi connectivity index (χ0n) is 5.97. The van der Waals surface area contributed by atoms with Crippen LogP contribution in [0.15, 0.2) is 22.7 Å². The van der Waals surface area contributed by atoms with Gasteiger partial charge < -0.3 is 5.43 Å². The molecule has 64 valence electrons. The molecular weight excluding hydrogens is 243 g/mol. The monoisotopic (exact) mass is 248 g/mol. The van der Waals surface area contributed by atoms with E-state index in [1.165, 1.54) is 0 Å². The number of halogens is 2. The molecule has 0 spiro atoms. The fourth-order valence-corrected chi connectivity index (χ4v) is 1.32. The number of hydrazine groups is 1. The van der Waals surface area contributed by atoms with E-state index >= 15 is 0 Å². The Labute approximate surface area is 83.0 Å². The van der Waals surface area contributed by atoms with Crippen LogP contribution in [0.3, 0.4) is 0 Å². The molecule has 0 aliphatic heterocycles. The zero-order chi connectivity index (χ0) is 9.14. The van der Waals surface area contributed by atoms with E-state index in [-0.39, 0.29) is 0 Å². The van der Waals surface area contributed by atoms with Crippen molar-refractivity contribution in [1.29, 1.82) is 0 Å². The fourth-order valence-electron chi connectivity index (χ4n) is 0.805. The largest absolute Gasteiger partial charge is 0.323 e. The van der Waals surface area contributed by atoms with Gasteiger partial charge in [-0.05, 0) is 29.8 Å². The van der Waals surface area contributed by atoms with Crippen molar-refractivity contribution >= 4 is 38.5 Å². The summed E-state index contributed by atoms with van der Waals surface area (Å²) in [7, 11) is 0. The van der Waals surface area contributed by atoms with Crippen molar-refractivity contribution in [2.24, 2.45) is 5.84 Å². The van der Waals surface area contributed by atoms with Gasteiger partial charge in [-0.25, -0.2) is 0 Å². The molecule has 1 rings (SSSR count). The minimum Gasteiger partial charge on any atom is -0.323 e. The third-order valence-electron chi connectivity index (χ3n) is 1.35. The highest BCUT2D eigenvalue weighted by Crippen LogP contribution is 2.21. The van der Waals surface area contributed by atoms with Gasteiger partial charge in [0.25, 0.3) is 5.24 Å². The second-order valence-electron chi connectivity index (χ2n) is 2.11. The van der Waals surface area contributed by atoms with Gasteiger partial charge in [0.1, 0.15) is 0 Å². The lowest BCUT2D eigenvalue weighted by Gasteiger charge is -2.04. The average molecular weight is 249 g/mol. The lowest BCUT2D eigenvalue weighted by molar-refractivity contribution is 0.108. The van der Waals surface area contributed by atoms with Crippen molar-refractivity contribution < 1.29 is 4.79 Å². The summed E-state index contributed by atoms with van der Waals surface area (Å²) in [6.07, 6.45) is 0. The van der Waals surface area contributed by atoms with Gasteiger partial charge in [-0.2, -0.15) is 0 Å². The Hall–Kier alpha value is -0.580. The van der Waals surface area contributed by atoms with Crippen LogP contribution in [0.4, 0.5) is 5.69 Å². The molecule has 12 heavy (non-hydrogen) atoms. The quantitative estimate of drug-likeness (QED) is 0.479. The van der Waals surface area contributed by atoms with Crippen LogP contribution in [0, 0.1) is 0 Å². The summed E-state index contributed by atoms with van der Waals surface area (Å²) in [6.45, 7) is 0. The molecule has 3 nitrogen and oxygen atoms in total. The van der Waals surface area contributed by atoms with Crippen LogP contribution < -0.4 is 11.3 Å². The number of nitrogens with two attached hydrogens (primary N) is 1. The van der Waals surface area contributed by atoms with Gasteiger partial charge in [-0.15, -0.1) is 0 Å². The first-order valence-electron chi connectivity index (χ1n) is 3.11. The number of benzene rings is 1. The summed E-state index contributed by atoms with van der Waals surface area (Å²) < 4.78 is 0.783. The number of nitrogens with one attached hydrogen (secondary N) is 1. The highest BCUT2D eigenvalue weighted by Gasteiger charge is 2.07. The number of carbonyl (C=O) groups is 1. The van der Waals surface area contributed by atoms with Crippen molar-refractivity contribution in [3.8, 4) is 0 Å². The number of carbonyl (C=O) groups excluding carboxylic acids is 1. The normalized spacial score (nSPS) is 9.58. The first-order valence-corrected chi connectivity index (χ1v) is 4.28. The molecule has 0 saturated carbocycles. The average Bonchev–Trinajstić information content (AvgIpc) is 2.04. The molecule has 0 aliphatic rings. The maximum absolute atomic E-state index is 10.8. The Bertz CT molecular complexity index is 316. The molecule has 0 radical (unpaired) electrons. The molecule has 5 heteroatoms. The molecule has 1 aromatic rings. The van der Waals surface area contributed by atoms with Gasteiger partial charge in [0.05, 0.1) is 11.3 Å². The van der Waals surface area contributed by atoms with E-state index in [4.69, 9.17) is 17.4 Å². The SMILES string of the molecule is NNc1ccc(Br)cc1C(=O)Cl. The molecule has 0 bridgehead atoms. The number of hydrogen-bond donors (Lipinski definition) is 2. The van der Waals surface area contributed by atoms with Gasteiger partial charge in [0.15, 0.2) is 0 Å². The van der Waals surface area contributed by atoms with Crippen LogP contribution >= 0.6 is 27.5 Å². The Balaban J connectivity index is 3.21. The summed E-state index contributed by atoms with van der Waals surface area (Å²) in [4.78, 5) is 10.8. The standard InChI is InChI=1S/C7H6BrClN2O/c8-4-1-2-6(11-10)5(3-4)7(9)12/h1-3,11H,10H2. The van der Waals surface area contributed by atoms with Gasteiger partial charge in [-0.1, -0.05) is 15.9 Å². The van der Waals surface area contributed by atoms with Crippen LogP contribution in [0.5, 0.6) is 0 Å². The Kier molecular flexibility index (Phi) is 3.08. The lowest BCUT2D eigenvalue weighted by atomic mass is 10.2. The topological polar surface area (TPSA) is 55.1 Å². The van der Waals surface area contributed by atoms with Gasteiger partial charge in [-0.3, -0.25) is 10.6 Å². The molecule has 0 unspecified atom stereocenters. The summed E-state index contributed by atoms with van der Waals surface area (Å²) >= 11 is 8.52. The molecule has 0 atom stereocenters. The van der Waals surface area contributed by atoms with Crippen LogP contribution in [-0.2, 0) is 0 Å².